The second kappa shape index (κ2) is 8.16. The molecular formula is C16H34N2. The molecule has 18 heavy (non-hydrogen) atoms. The van der Waals surface area contributed by atoms with Crippen LogP contribution in [0.1, 0.15) is 71.6 Å². The molecule has 1 atom stereocenters. The van der Waals surface area contributed by atoms with Crippen molar-refractivity contribution in [1.82, 2.24) is 10.2 Å². The van der Waals surface area contributed by atoms with Gasteiger partial charge in [0.15, 0.2) is 0 Å². The van der Waals surface area contributed by atoms with Gasteiger partial charge in [-0.2, -0.15) is 0 Å². The van der Waals surface area contributed by atoms with Gasteiger partial charge in [0.05, 0.1) is 0 Å². The summed E-state index contributed by atoms with van der Waals surface area (Å²) >= 11 is 0. The lowest BCUT2D eigenvalue weighted by molar-refractivity contribution is 0.0984. The first-order valence-electron chi connectivity index (χ1n) is 8.08. The lowest BCUT2D eigenvalue weighted by Crippen LogP contribution is -2.57. The highest BCUT2D eigenvalue weighted by atomic mass is 15.2. The van der Waals surface area contributed by atoms with Gasteiger partial charge in [0.1, 0.15) is 0 Å². The molecule has 1 rings (SSSR count). The van der Waals surface area contributed by atoms with Gasteiger partial charge in [-0.15, -0.1) is 0 Å². The number of rotatable bonds is 9. The molecule has 1 aliphatic rings. The van der Waals surface area contributed by atoms with E-state index in [9.17, 15) is 0 Å². The first-order valence-corrected chi connectivity index (χ1v) is 8.08. The van der Waals surface area contributed by atoms with Crippen LogP contribution in [0.4, 0.5) is 0 Å². The Morgan fingerprint density at radius 3 is 2.22 bits per heavy atom. The zero-order valence-corrected chi connectivity index (χ0v) is 13.1. The number of hydrogen-bond donors (Lipinski definition) is 1. The van der Waals surface area contributed by atoms with Crippen molar-refractivity contribution in [2.45, 2.75) is 83.2 Å². The van der Waals surface area contributed by atoms with Crippen molar-refractivity contribution >= 4 is 0 Å². The molecule has 2 heteroatoms. The Labute approximate surface area is 115 Å². The smallest absolute Gasteiger partial charge is 0.0356 e. The van der Waals surface area contributed by atoms with Crippen LogP contribution in [0.2, 0.25) is 0 Å². The van der Waals surface area contributed by atoms with E-state index in [1.165, 1.54) is 64.3 Å². The largest absolute Gasteiger partial charge is 0.312 e. The first kappa shape index (κ1) is 16.0. The van der Waals surface area contributed by atoms with Gasteiger partial charge in [-0.25, -0.2) is 0 Å². The highest BCUT2D eigenvalue weighted by Crippen LogP contribution is 2.38. The molecule has 0 bridgehead atoms. The van der Waals surface area contributed by atoms with Crippen molar-refractivity contribution in [3.63, 3.8) is 0 Å². The van der Waals surface area contributed by atoms with Crippen LogP contribution in [0.15, 0.2) is 0 Å². The third kappa shape index (κ3) is 3.96. The fourth-order valence-electron chi connectivity index (χ4n) is 3.57. The van der Waals surface area contributed by atoms with E-state index in [4.69, 9.17) is 0 Å². The zero-order chi connectivity index (χ0) is 13.4. The van der Waals surface area contributed by atoms with Crippen molar-refractivity contribution in [1.29, 1.82) is 0 Å². The summed E-state index contributed by atoms with van der Waals surface area (Å²) in [6, 6.07) is 0.696. The van der Waals surface area contributed by atoms with Crippen molar-refractivity contribution in [3.8, 4) is 0 Å². The summed E-state index contributed by atoms with van der Waals surface area (Å²) < 4.78 is 0. The molecule has 0 radical (unpaired) electrons. The van der Waals surface area contributed by atoms with E-state index in [0.717, 1.165) is 0 Å². The SMILES string of the molecule is CCCCCC(NCCC)C1(N(C)C)CCCC1. The normalized spacial score (nSPS) is 20.5. The van der Waals surface area contributed by atoms with Crippen LogP contribution in [-0.2, 0) is 0 Å². The van der Waals surface area contributed by atoms with Crippen LogP contribution in [0.3, 0.4) is 0 Å². The molecule has 0 aliphatic heterocycles. The second-order valence-corrected chi connectivity index (χ2v) is 6.21. The predicted octanol–water partition coefficient (Wildman–Crippen LogP) is 3.81. The van der Waals surface area contributed by atoms with Gasteiger partial charge >= 0.3 is 0 Å². The summed E-state index contributed by atoms with van der Waals surface area (Å²) in [6.45, 7) is 5.74. The fourth-order valence-corrected chi connectivity index (χ4v) is 3.57. The number of hydrogen-bond acceptors (Lipinski definition) is 2. The van der Waals surface area contributed by atoms with E-state index in [1.54, 1.807) is 0 Å². The Bertz CT molecular complexity index is 207. The average molecular weight is 254 g/mol. The van der Waals surface area contributed by atoms with Crippen LogP contribution in [0, 0.1) is 0 Å². The maximum Gasteiger partial charge on any atom is 0.0356 e. The van der Waals surface area contributed by atoms with E-state index >= 15 is 0 Å². The van der Waals surface area contributed by atoms with Crippen molar-refractivity contribution in [2.75, 3.05) is 20.6 Å². The highest BCUT2D eigenvalue weighted by molar-refractivity contribution is 5.01. The molecule has 1 saturated carbocycles. The summed E-state index contributed by atoms with van der Waals surface area (Å²) in [5.74, 6) is 0. The Kier molecular flexibility index (Phi) is 7.25. The number of nitrogens with one attached hydrogen (secondary N) is 1. The van der Waals surface area contributed by atoms with Crippen LogP contribution in [0.25, 0.3) is 0 Å². The molecule has 0 heterocycles. The molecule has 0 aromatic rings. The van der Waals surface area contributed by atoms with Gasteiger partial charge < -0.3 is 10.2 Å². The molecule has 1 fully saturated rings. The Hall–Kier alpha value is -0.0800. The summed E-state index contributed by atoms with van der Waals surface area (Å²) in [4.78, 5) is 2.51. The molecule has 0 saturated heterocycles. The van der Waals surface area contributed by atoms with Crippen LogP contribution >= 0.6 is 0 Å². The number of likely N-dealkylation sites (N-methyl/N-ethyl adjacent to an activating group) is 1. The minimum Gasteiger partial charge on any atom is -0.312 e. The van der Waals surface area contributed by atoms with Crippen LogP contribution in [0.5, 0.6) is 0 Å². The molecule has 0 amide bonds. The maximum absolute atomic E-state index is 3.85. The van der Waals surface area contributed by atoms with E-state index in [2.05, 4.69) is 38.2 Å². The number of nitrogens with zero attached hydrogens (tertiary/aromatic N) is 1. The minimum atomic E-state index is 0.433. The summed E-state index contributed by atoms with van der Waals surface area (Å²) in [7, 11) is 4.57. The lowest BCUT2D eigenvalue weighted by atomic mass is 9.83. The van der Waals surface area contributed by atoms with E-state index < -0.39 is 0 Å². The maximum atomic E-state index is 3.85. The fraction of sp³-hybridized carbons (Fsp3) is 1.00. The van der Waals surface area contributed by atoms with Gasteiger partial charge in [0.25, 0.3) is 0 Å². The van der Waals surface area contributed by atoms with Crippen molar-refractivity contribution in [3.05, 3.63) is 0 Å². The predicted molar refractivity (Wildman–Crippen MR) is 81.1 cm³/mol. The lowest BCUT2D eigenvalue weighted by Gasteiger charge is -2.44. The molecule has 1 aliphatic carbocycles. The summed E-state index contributed by atoms with van der Waals surface area (Å²) in [6.07, 6.45) is 12.3. The molecule has 1 N–H and O–H groups in total. The second-order valence-electron chi connectivity index (χ2n) is 6.21. The van der Waals surface area contributed by atoms with Gasteiger partial charge in [0.2, 0.25) is 0 Å². The van der Waals surface area contributed by atoms with E-state index in [-0.39, 0.29) is 0 Å². The van der Waals surface area contributed by atoms with Crippen LogP contribution in [-0.4, -0.2) is 37.1 Å². The van der Waals surface area contributed by atoms with Gasteiger partial charge in [-0.1, -0.05) is 46.0 Å². The van der Waals surface area contributed by atoms with Gasteiger partial charge in [-0.05, 0) is 46.3 Å². The molecule has 2 nitrogen and oxygen atoms in total. The third-order valence-corrected chi connectivity index (χ3v) is 4.75. The molecule has 108 valence electrons. The molecule has 0 aromatic carbocycles. The Balaban J connectivity index is 2.64. The first-order chi connectivity index (χ1) is 8.67. The number of unbranched alkanes of at least 4 members (excludes halogenated alkanes) is 2. The zero-order valence-electron chi connectivity index (χ0n) is 13.1. The Morgan fingerprint density at radius 2 is 1.72 bits per heavy atom. The van der Waals surface area contributed by atoms with Gasteiger partial charge in [-0.3, -0.25) is 0 Å². The molecular weight excluding hydrogens is 220 g/mol. The van der Waals surface area contributed by atoms with E-state index in [0.29, 0.717) is 11.6 Å². The van der Waals surface area contributed by atoms with Crippen LogP contribution < -0.4 is 5.32 Å². The quantitative estimate of drug-likeness (QED) is 0.629. The third-order valence-electron chi connectivity index (χ3n) is 4.75. The van der Waals surface area contributed by atoms with Gasteiger partial charge in [0, 0.05) is 11.6 Å². The average Bonchev–Trinajstić information content (AvgIpc) is 2.84. The monoisotopic (exact) mass is 254 g/mol. The highest BCUT2D eigenvalue weighted by Gasteiger charge is 2.42. The molecule has 0 aromatic heterocycles. The van der Waals surface area contributed by atoms with Crippen molar-refractivity contribution in [2.24, 2.45) is 0 Å². The summed E-state index contributed by atoms with van der Waals surface area (Å²) in [5, 5.41) is 3.85. The standard InChI is InChI=1S/C16H34N2/c1-5-7-8-11-15(17-14-6-2)16(18(3)4)12-9-10-13-16/h15,17H,5-14H2,1-4H3. The Morgan fingerprint density at radius 1 is 1.06 bits per heavy atom. The topological polar surface area (TPSA) is 15.3 Å². The minimum absolute atomic E-state index is 0.433. The van der Waals surface area contributed by atoms with E-state index in [1.807, 2.05) is 0 Å². The van der Waals surface area contributed by atoms with Crippen molar-refractivity contribution < 1.29 is 0 Å². The molecule has 1 unspecified atom stereocenters. The molecule has 0 spiro atoms. The summed E-state index contributed by atoms with van der Waals surface area (Å²) in [5.41, 5.74) is 0.433.